The molecule has 176 valence electrons. The van der Waals surface area contributed by atoms with E-state index in [0.717, 1.165) is 83.3 Å². The summed E-state index contributed by atoms with van der Waals surface area (Å²) in [6, 6.07) is 8.23. The third kappa shape index (κ3) is 5.28. The van der Waals surface area contributed by atoms with Crippen LogP contribution in [0.25, 0.3) is 0 Å². The first-order valence-corrected chi connectivity index (χ1v) is 12.0. The van der Waals surface area contributed by atoms with Crippen LogP contribution in [0.15, 0.2) is 29.3 Å². The number of hydrogen-bond donors (Lipinski definition) is 1. The highest BCUT2D eigenvalue weighted by Gasteiger charge is 2.31. The first kappa shape index (κ1) is 22.7. The van der Waals surface area contributed by atoms with Crippen LogP contribution < -0.4 is 15.0 Å². The third-order valence-corrected chi connectivity index (χ3v) is 6.64. The predicted octanol–water partition coefficient (Wildman–Crippen LogP) is 1.81. The van der Waals surface area contributed by atoms with Crippen LogP contribution in [0.5, 0.6) is 5.75 Å². The van der Waals surface area contributed by atoms with Crippen LogP contribution in [0.2, 0.25) is 0 Å². The Hall–Kier alpha value is -2.48. The van der Waals surface area contributed by atoms with E-state index in [1.807, 2.05) is 17.0 Å². The molecule has 8 nitrogen and oxygen atoms in total. The maximum atomic E-state index is 12.6. The normalized spacial score (nSPS) is 24.2. The Kier molecular flexibility index (Phi) is 7.73. The Morgan fingerprint density at radius 3 is 2.66 bits per heavy atom. The Morgan fingerprint density at radius 2 is 1.94 bits per heavy atom. The van der Waals surface area contributed by atoms with Gasteiger partial charge >= 0.3 is 0 Å². The highest BCUT2D eigenvalue weighted by Crippen LogP contribution is 2.32. The smallest absolute Gasteiger partial charge is 0.251 e. The van der Waals surface area contributed by atoms with Crippen molar-refractivity contribution in [1.29, 1.82) is 0 Å². The van der Waals surface area contributed by atoms with E-state index in [4.69, 9.17) is 14.5 Å². The van der Waals surface area contributed by atoms with E-state index in [1.54, 1.807) is 7.11 Å². The third-order valence-electron chi connectivity index (χ3n) is 6.64. The fraction of sp³-hybridized carbons (Fsp3) is 0.667. The first-order valence-electron chi connectivity index (χ1n) is 12.0. The molecule has 3 heterocycles. The topological polar surface area (TPSA) is 69.6 Å². The second-order valence-electron chi connectivity index (χ2n) is 8.78. The van der Waals surface area contributed by atoms with Crippen molar-refractivity contribution in [3.8, 4) is 5.75 Å². The maximum Gasteiger partial charge on any atom is 0.251 e. The van der Waals surface area contributed by atoms with Gasteiger partial charge in [-0.15, -0.1) is 0 Å². The van der Waals surface area contributed by atoms with Crippen LogP contribution in [0, 0.1) is 5.92 Å². The zero-order valence-corrected chi connectivity index (χ0v) is 19.5. The molecule has 1 aromatic carbocycles. The summed E-state index contributed by atoms with van der Waals surface area (Å²) in [5.41, 5.74) is 1.17. The molecular formula is C24H37N5O3. The second-order valence-corrected chi connectivity index (χ2v) is 8.78. The predicted molar refractivity (Wildman–Crippen MR) is 126 cm³/mol. The van der Waals surface area contributed by atoms with E-state index in [9.17, 15) is 4.79 Å². The number of para-hydroxylation sites is 2. The van der Waals surface area contributed by atoms with E-state index in [1.165, 1.54) is 5.69 Å². The Labute approximate surface area is 191 Å². The van der Waals surface area contributed by atoms with E-state index in [0.29, 0.717) is 12.5 Å². The summed E-state index contributed by atoms with van der Waals surface area (Å²) < 4.78 is 11.1. The van der Waals surface area contributed by atoms with E-state index in [-0.39, 0.29) is 12.0 Å². The summed E-state index contributed by atoms with van der Waals surface area (Å²) in [7, 11) is 1.73. The van der Waals surface area contributed by atoms with Crippen LogP contribution in [-0.4, -0.2) is 93.8 Å². The van der Waals surface area contributed by atoms with Gasteiger partial charge in [0.15, 0.2) is 5.96 Å². The minimum atomic E-state index is -0.225. The van der Waals surface area contributed by atoms with Gasteiger partial charge in [0.05, 0.1) is 12.8 Å². The van der Waals surface area contributed by atoms with Crippen LogP contribution in [0.3, 0.4) is 0 Å². The number of guanidine groups is 1. The van der Waals surface area contributed by atoms with Crippen molar-refractivity contribution in [2.75, 3.05) is 71.0 Å². The molecule has 2 atom stereocenters. The van der Waals surface area contributed by atoms with Gasteiger partial charge in [-0.05, 0) is 44.2 Å². The molecule has 3 aliphatic heterocycles. The molecule has 4 rings (SSSR count). The second kappa shape index (κ2) is 10.9. The highest BCUT2D eigenvalue weighted by molar-refractivity contribution is 5.83. The lowest BCUT2D eigenvalue weighted by Crippen LogP contribution is -2.55. The number of nitrogens with zero attached hydrogens (tertiary/aromatic N) is 4. The number of anilines is 1. The van der Waals surface area contributed by atoms with Crippen LogP contribution in [0.1, 0.15) is 26.2 Å². The molecule has 0 spiro atoms. The van der Waals surface area contributed by atoms with Gasteiger partial charge in [0.1, 0.15) is 11.9 Å². The lowest BCUT2D eigenvalue weighted by atomic mass is 10.1. The quantitative estimate of drug-likeness (QED) is 0.534. The minimum Gasteiger partial charge on any atom is -0.495 e. The fourth-order valence-electron chi connectivity index (χ4n) is 4.85. The molecule has 2 unspecified atom stereocenters. The largest absolute Gasteiger partial charge is 0.495 e. The molecule has 3 fully saturated rings. The molecule has 0 saturated carbocycles. The number of rotatable bonds is 6. The van der Waals surface area contributed by atoms with E-state index < -0.39 is 0 Å². The average molecular weight is 444 g/mol. The molecule has 3 aliphatic rings. The van der Waals surface area contributed by atoms with Crippen molar-refractivity contribution in [2.24, 2.45) is 10.9 Å². The van der Waals surface area contributed by atoms with Gasteiger partial charge < -0.3 is 29.5 Å². The molecule has 0 radical (unpaired) electrons. The molecule has 32 heavy (non-hydrogen) atoms. The number of carbonyl (C=O) groups excluding carboxylic acids is 1. The number of amides is 1. The van der Waals surface area contributed by atoms with Gasteiger partial charge in [-0.25, -0.2) is 0 Å². The summed E-state index contributed by atoms with van der Waals surface area (Å²) in [5, 5.41) is 3.45. The van der Waals surface area contributed by atoms with E-state index in [2.05, 4.69) is 34.2 Å². The number of benzene rings is 1. The number of nitrogens with one attached hydrogen (secondary N) is 1. The summed E-state index contributed by atoms with van der Waals surface area (Å²) in [6.45, 7) is 9.56. The summed E-state index contributed by atoms with van der Waals surface area (Å²) in [4.78, 5) is 24.2. The van der Waals surface area contributed by atoms with Gasteiger partial charge in [-0.3, -0.25) is 9.79 Å². The zero-order chi connectivity index (χ0) is 22.3. The van der Waals surface area contributed by atoms with Crippen molar-refractivity contribution < 1.29 is 14.3 Å². The van der Waals surface area contributed by atoms with Crippen molar-refractivity contribution in [2.45, 2.75) is 32.3 Å². The molecule has 8 heteroatoms. The monoisotopic (exact) mass is 443 g/mol. The number of carbonyl (C=O) groups is 1. The minimum absolute atomic E-state index is 0.159. The highest BCUT2D eigenvalue weighted by atomic mass is 16.5. The standard InChI is InChI=1S/C24H37N5O3/c1-3-25-24(28-14-12-27(13-15-28)23(30)22-9-6-16-32-22)26-17-19-10-11-29(18-19)20-7-4-5-8-21(20)31-2/h4-5,7-8,19,22H,3,6,9-18H2,1-2H3,(H,25,26). The lowest BCUT2D eigenvalue weighted by molar-refractivity contribution is -0.142. The summed E-state index contributed by atoms with van der Waals surface area (Å²) in [6.07, 6.45) is 2.75. The Balaban J connectivity index is 1.30. The molecule has 1 N–H and O–H groups in total. The number of aliphatic imine (C=N–C) groups is 1. The van der Waals surface area contributed by atoms with Gasteiger partial charge in [0, 0.05) is 59.0 Å². The number of hydrogen-bond acceptors (Lipinski definition) is 5. The van der Waals surface area contributed by atoms with Crippen molar-refractivity contribution in [3.63, 3.8) is 0 Å². The van der Waals surface area contributed by atoms with Crippen molar-refractivity contribution >= 4 is 17.6 Å². The van der Waals surface area contributed by atoms with Gasteiger partial charge in [-0.2, -0.15) is 0 Å². The fourth-order valence-corrected chi connectivity index (χ4v) is 4.85. The Morgan fingerprint density at radius 1 is 1.16 bits per heavy atom. The molecular weight excluding hydrogens is 406 g/mol. The first-order chi connectivity index (χ1) is 15.7. The number of piperazine rings is 1. The molecule has 0 aromatic heterocycles. The summed E-state index contributed by atoms with van der Waals surface area (Å²) >= 11 is 0. The van der Waals surface area contributed by atoms with E-state index >= 15 is 0 Å². The van der Waals surface area contributed by atoms with Crippen LogP contribution >= 0.6 is 0 Å². The van der Waals surface area contributed by atoms with Crippen LogP contribution in [0.4, 0.5) is 5.69 Å². The number of methoxy groups -OCH3 is 1. The zero-order valence-electron chi connectivity index (χ0n) is 19.5. The molecule has 1 amide bonds. The molecule has 1 aromatic rings. The SMILES string of the molecule is CCNC(=NCC1CCN(c2ccccc2OC)C1)N1CCN(C(=O)C2CCCO2)CC1. The van der Waals surface area contributed by atoms with Crippen molar-refractivity contribution in [1.82, 2.24) is 15.1 Å². The maximum absolute atomic E-state index is 12.6. The molecule has 0 bridgehead atoms. The average Bonchev–Trinajstić information content (AvgIpc) is 3.54. The summed E-state index contributed by atoms with van der Waals surface area (Å²) in [5.74, 6) is 2.58. The van der Waals surface area contributed by atoms with Gasteiger partial charge in [0.2, 0.25) is 0 Å². The lowest BCUT2D eigenvalue weighted by Gasteiger charge is -2.37. The number of ether oxygens (including phenoxy) is 2. The van der Waals surface area contributed by atoms with Crippen molar-refractivity contribution in [3.05, 3.63) is 24.3 Å². The van der Waals surface area contributed by atoms with Gasteiger partial charge in [-0.1, -0.05) is 12.1 Å². The Bertz CT molecular complexity index is 788. The van der Waals surface area contributed by atoms with Crippen LogP contribution in [-0.2, 0) is 9.53 Å². The molecule has 3 saturated heterocycles. The molecule has 0 aliphatic carbocycles. The van der Waals surface area contributed by atoms with Gasteiger partial charge in [0.25, 0.3) is 5.91 Å².